The molecule has 0 aliphatic carbocycles. The predicted molar refractivity (Wildman–Crippen MR) is 82.0 cm³/mol. The second kappa shape index (κ2) is 8.25. The van der Waals surface area contributed by atoms with Crippen LogP contribution in [0.5, 0.6) is 0 Å². The van der Waals surface area contributed by atoms with Crippen molar-refractivity contribution in [3.8, 4) is 0 Å². The van der Waals surface area contributed by atoms with E-state index in [-0.39, 0.29) is 30.9 Å². The third-order valence-corrected chi connectivity index (χ3v) is 3.75. The molecule has 0 radical (unpaired) electrons. The van der Waals surface area contributed by atoms with Crippen LogP contribution in [-0.4, -0.2) is 43.2 Å². The van der Waals surface area contributed by atoms with Crippen molar-refractivity contribution >= 4 is 18.3 Å². The molecule has 1 fully saturated rings. The summed E-state index contributed by atoms with van der Waals surface area (Å²) in [6.45, 7) is 1.06. The fourth-order valence-corrected chi connectivity index (χ4v) is 2.71. The van der Waals surface area contributed by atoms with Crippen molar-refractivity contribution in [3.05, 3.63) is 35.9 Å². The highest BCUT2D eigenvalue weighted by atomic mass is 35.5. The fraction of sp³-hybridized carbons (Fsp3) is 0.533. The van der Waals surface area contributed by atoms with Gasteiger partial charge in [0.15, 0.2) is 0 Å². The number of hydrogen-bond acceptors (Lipinski definition) is 3. The van der Waals surface area contributed by atoms with Gasteiger partial charge < -0.3 is 15.4 Å². The lowest BCUT2D eigenvalue weighted by Gasteiger charge is -2.28. The summed E-state index contributed by atoms with van der Waals surface area (Å²) in [6.07, 6.45) is 2.52. The third kappa shape index (κ3) is 3.95. The molecule has 1 aromatic rings. The van der Waals surface area contributed by atoms with Crippen molar-refractivity contribution in [2.45, 2.75) is 31.4 Å². The molecule has 1 heterocycles. The molecule has 1 aliphatic rings. The average Bonchev–Trinajstić information content (AvgIpc) is 2.89. The summed E-state index contributed by atoms with van der Waals surface area (Å²) in [4.78, 5) is 14.3. The first-order valence-electron chi connectivity index (χ1n) is 6.83. The molecule has 1 amide bonds. The first-order chi connectivity index (χ1) is 9.26. The summed E-state index contributed by atoms with van der Waals surface area (Å²) in [5.41, 5.74) is 6.85. The van der Waals surface area contributed by atoms with Crippen LogP contribution in [-0.2, 0) is 16.0 Å². The number of nitrogens with zero attached hydrogens (tertiary/aromatic N) is 1. The fourth-order valence-electron chi connectivity index (χ4n) is 2.71. The number of carbonyl (C=O) groups is 1. The van der Waals surface area contributed by atoms with Crippen molar-refractivity contribution < 1.29 is 9.53 Å². The number of nitrogens with two attached hydrogens (primary N) is 1. The standard InChI is InChI=1S/C15H22N2O2.ClH/c1-19-14(11-16)15(18)17-9-5-8-13(17)10-12-6-3-2-4-7-12;/h2-4,6-7,13-14H,5,8-11,16H2,1H3;1H. The molecule has 5 heteroatoms. The lowest BCUT2D eigenvalue weighted by atomic mass is 10.0. The number of amides is 1. The van der Waals surface area contributed by atoms with Crippen molar-refractivity contribution in [1.29, 1.82) is 0 Å². The molecule has 112 valence electrons. The summed E-state index contributed by atoms with van der Waals surface area (Å²) < 4.78 is 5.16. The maximum Gasteiger partial charge on any atom is 0.253 e. The molecular weight excluding hydrogens is 276 g/mol. The van der Waals surface area contributed by atoms with Crippen LogP contribution >= 0.6 is 12.4 Å². The minimum Gasteiger partial charge on any atom is -0.370 e. The van der Waals surface area contributed by atoms with E-state index >= 15 is 0 Å². The lowest BCUT2D eigenvalue weighted by molar-refractivity contribution is -0.142. The molecule has 0 bridgehead atoms. The van der Waals surface area contributed by atoms with E-state index < -0.39 is 6.10 Å². The molecule has 2 atom stereocenters. The van der Waals surface area contributed by atoms with E-state index in [0.717, 1.165) is 25.8 Å². The van der Waals surface area contributed by atoms with Gasteiger partial charge in [-0.1, -0.05) is 30.3 Å². The highest BCUT2D eigenvalue weighted by Crippen LogP contribution is 2.22. The SMILES string of the molecule is COC(CN)C(=O)N1CCCC1Cc1ccccc1.Cl. The minimum absolute atomic E-state index is 0. The molecule has 4 nitrogen and oxygen atoms in total. The third-order valence-electron chi connectivity index (χ3n) is 3.75. The molecule has 1 aromatic carbocycles. The Hall–Kier alpha value is -1.10. The Balaban J connectivity index is 0.00000200. The molecule has 2 rings (SSSR count). The Morgan fingerprint density at radius 2 is 2.15 bits per heavy atom. The summed E-state index contributed by atoms with van der Waals surface area (Å²) in [6, 6.07) is 10.6. The zero-order valence-electron chi connectivity index (χ0n) is 11.8. The average molecular weight is 299 g/mol. The van der Waals surface area contributed by atoms with Crippen molar-refractivity contribution in [2.75, 3.05) is 20.2 Å². The number of halogens is 1. The topological polar surface area (TPSA) is 55.6 Å². The first-order valence-corrected chi connectivity index (χ1v) is 6.83. The normalized spacial score (nSPS) is 19.5. The quantitative estimate of drug-likeness (QED) is 0.898. The number of carbonyl (C=O) groups excluding carboxylic acids is 1. The highest BCUT2D eigenvalue weighted by Gasteiger charge is 2.32. The summed E-state index contributed by atoms with van der Waals surface area (Å²) in [7, 11) is 1.54. The second-order valence-electron chi connectivity index (χ2n) is 4.98. The maximum atomic E-state index is 12.3. The van der Waals surface area contributed by atoms with Crippen molar-refractivity contribution in [2.24, 2.45) is 5.73 Å². The van der Waals surface area contributed by atoms with Gasteiger partial charge in [-0.15, -0.1) is 12.4 Å². The van der Waals surface area contributed by atoms with E-state index in [2.05, 4.69) is 12.1 Å². The van der Waals surface area contributed by atoms with Crippen LogP contribution in [0.4, 0.5) is 0 Å². The molecule has 0 spiro atoms. The van der Waals surface area contributed by atoms with Gasteiger partial charge in [0.1, 0.15) is 6.10 Å². The van der Waals surface area contributed by atoms with E-state index in [4.69, 9.17) is 10.5 Å². The van der Waals surface area contributed by atoms with Crippen LogP contribution < -0.4 is 5.73 Å². The van der Waals surface area contributed by atoms with Crippen LogP contribution in [0.1, 0.15) is 18.4 Å². The van der Waals surface area contributed by atoms with Gasteiger partial charge in [-0.05, 0) is 24.8 Å². The van der Waals surface area contributed by atoms with Crippen LogP contribution in [0.15, 0.2) is 30.3 Å². The smallest absolute Gasteiger partial charge is 0.253 e. The Kier molecular flexibility index (Phi) is 6.99. The van der Waals surface area contributed by atoms with Crippen LogP contribution in [0.2, 0.25) is 0 Å². The lowest BCUT2D eigenvalue weighted by Crippen LogP contribution is -2.46. The van der Waals surface area contributed by atoms with E-state index in [1.165, 1.54) is 12.7 Å². The number of benzene rings is 1. The summed E-state index contributed by atoms with van der Waals surface area (Å²) >= 11 is 0. The zero-order chi connectivity index (χ0) is 13.7. The number of methoxy groups -OCH3 is 1. The van der Waals surface area contributed by atoms with Gasteiger partial charge in [-0.2, -0.15) is 0 Å². The summed E-state index contributed by atoms with van der Waals surface area (Å²) in [5, 5.41) is 0. The largest absolute Gasteiger partial charge is 0.370 e. The van der Waals surface area contributed by atoms with E-state index in [1.807, 2.05) is 23.1 Å². The van der Waals surface area contributed by atoms with Crippen LogP contribution in [0.25, 0.3) is 0 Å². The van der Waals surface area contributed by atoms with Gasteiger partial charge in [0, 0.05) is 26.2 Å². The van der Waals surface area contributed by atoms with E-state index in [1.54, 1.807) is 0 Å². The van der Waals surface area contributed by atoms with Crippen molar-refractivity contribution in [1.82, 2.24) is 4.90 Å². The molecule has 2 unspecified atom stereocenters. The first kappa shape index (κ1) is 17.0. The highest BCUT2D eigenvalue weighted by molar-refractivity contribution is 5.85. The van der Waals surface area contributed by atoms with Gasteiger partial charge in [0.05, 0.1) is 0 Å². The Bertz CT molecular complexity index is 410. The Morgan fingerprint density at radius 3 is 2.75 bits per heavy atom. The minimum atomic E-state index is -0.503. The molecule has 2 N–H and O–H groups in total. The van der Waals surface area contributed by atoms with Crippen LogP contribution in [0, 0.1) is 0 Å². The molecule has 20 heavy (non-hydrogen) atoms. The number of hydrogen-bond donors (Lipinski definition) is 1. The van der Waals surface area contributed by atoms with Crippen molar-refractivity contribution in [3.63, 3.8) is 0 Å². The molecule has 1 saturated heterocycles. The second-order valence-corrected chi connectivity index (χ2v) is 4.98. The summed E-state index contributed by atoms with van der Waals surface area (Å²) in [5.74, 6) is 0.0310. The predicted octanol–water partition coefficient (Wildman–Crippen LogP) is 1.62. The molecular formula is C15H23ClN2O2. The monoisotopic (exact) mass is 298 g/mol. The van der Waals surface area contributed by atoms with E-state index in [0.29, 0.717) is 0 Å². The number of rotatable bonds is 5. The Labute approximate surface area is 126 Å². The molecule has 1 aliphatic heterocycles. The van der Waals surface area contributed by atoms with E-state index in [9.17, 15) is 4.79 Å². The zero-order valence-corrected chi connectivity index (χ0v) is 12.6. The number of ether oxygens (including phenoxy) is 1. The molecule has 0 aromatic heterocycles. The van der Waals surface area contributed by atoms with Gasteiger partial charge in [-0.25, -0.2) is 0 Å². The van der Waals surface area contributed by atoms with Gasteiger partial charge in [0.2, 0.25) is 0 Å². The van der Waals surface area contributed by atoms with Gasteiger partial charge >= 0.3 is 0 Å². The van der Waals surface area contributed by atoms with Gasteiger partial charge in [0.25, 0.3) is 5.91 Å². The van der Waals surface area contributed by atoms with Crippen LogP contribution in [0.3, 0.4) is 0 Å². The maximum absolute atomic E-state index is 12.3. The molecule has 0 saturated carbocycles. The van der Waals surface area contributed by atoms with Gasteiger partial charge in [-0.3, -0.25) is 4.79 Å². The number of likely N-dealkylation sites (tertiary alicyclic amines) is 1. The Morgan fingerprint density at radius 1 is 1.45 bits per heavy atom.